The molecule has 0 amide bonds. The molecular formula is C21H15NO3S. The van der Waals surface area contributed by atoms with Crippen molar-refractivity contribution in [3.63, 3.8) is 0 Å². The van der Waals surface area contributed by atoms with Gasteiger partial charge in [0, 0.05) is 28.2 Å². The molecule has 2 aromatic carbocycles. The summed E-state index contributed by atoms with van der Waals surface area (Å²) in [5.41, 5.74) is 2.02. The van der Waals surface area contributed by atoms with Crippen molar-refractivity contribution in [2.45, 2.75) is 6.10 Å². The van der Waals surface area contributed by atoms with Gasteiger partial charge in [-0.1, -0.05) is 54.6 Å². The zero-order valence-electron chi connectivity index (χ0n) is 13.7. The largest absolute Gasteiger partial charge is 0.445 e. The van der Waals surface area contributed by atoms with Crippen LogP contribution in [0.4, 0.5) is 0 Å². The van der Waals surface area contributed by atoms with Crippen LogP contribution in [-0.2, 0) is 4.74 Å². The number of thiophene rings is 1. The fourth-order valence-corrected chi connectivity index (χ4v) is 3.48. The molecule has 1 atom stereocenters. The maximum absolute atomic E-state index is 13.2. The van der Waals surface area contributed by atoms with E-state index in [4.69, 9.17) is 4.74 Å². The van der Waals surface area contributed by atoms with Crippen molar-refractivity contribution in [1.82, 2.24) is 4.98 Å². The molecule has 0 spiro atoms. The minimum absolute atomic E-state index is 0.251. The van der Waals surface area contributed by atoms with Gasteiger partial charge < -0.3 is 9.72 Å². The quantitative estimate of drug-likeness (QED) is 0.401. The van der Waals surface area contributed by atoms with Gasteiger partial charge in [-0.15, -0.1) is 11.3 Å². The molecular weight excluding hydrogens is 346 g/mol. The molecule has 0 saturated carbocycles. The summed E-state index contributed by atoms with van der Waals surface area (Å²) in [5, 5.41) is 2.61. The maximum Gasteiger partial charge on any atom is 0.349 e. The third-order valence-corrected chi connectivity index (χ3v) is 4.99. The van der Waals surface area contributed by atoms with Gasteiger partial charge in [-0.25, -0.2) is 4.79 Å². The van der Waals surface area contributed by atoms with Crippen LogP contribution in [0.5, 0.6) is 0 Å². The van der Waals surface area contributed by atoms with E-state index in [1.165, 1.54) is 11.3 Å². The molecule has 0 unspecified atom stereocenters. The number of benzene rings is 2. The average Bonchev–Trinajstić information content (AvgIpc) is 3.36. The Bertz CT molecular complexity index is 1050. The number of fused-ring (bicyclic) bond motifs is 1. The Morgan fingerprint density at radius 2 is 1.69 bits per heavy atom. The SMILES string of the molecule is O=C(O[C@@H](C(=O)c1c[nH]c2ccccc12)c1ccccc1)c1cccs1. The smallest absolute Gasteiger partial charge is 0.349 e. The molecule has 0 radical (unpaired) electrons. The lowest BCUT2D eigenvalue weighted by atomic mass is 9.99. The van der Waals surface area contributed by atoms with Crippen molar-refractivity contribution in [2.75, 3.05) is 0 Å². The Labute approximate surface area is 154 Å². The van der Waals surface area contributed by atoms with Gasteiger partial charge in [0.1, 0.15) is 4.88 Å². The van der Waals surface area contributed by atoms with E-state index in [1.807, 2.05) is 42.5 Å². The van der Waals surface area contributed by atoms with Gasteiger partial charge in [0.2, 0.25) is 5.78 Å². The summed E-state index contributed by atoms with van der Waals surface area (Å²) in [6.07, 6.45) is 0.673. The molecule has 4 rings (SSSR count). The van der Waals surface area contributed by atoms with Crippen molar-refractivity contribution in [2.24, 2.45) is 0 Å². The van der Waals surface area contributed by atoms with Gasteiger partial charge >= 0.3 is 5.97 Å². The Balaban J connectivity index is 1.73. The Morgan fingerprint density at radius 1 is 0.923 bits per heavy atom. The molecule has 2 heterocycles. The van der Waals surface area contributed by atoms with Crippen molar-refractivity contribution in [3.05, 3.63) is 94.3 Å². The highest BCUT2D eigenvalue weighted by atomic mass is 32.1. The molecule has 0 fully saturated rings. The summed E-state index contributed by atoms with van der Waals surface area (Å²) in [6.45, 7) is 0. The topological polar surface area (TPSA) is 59.2 Å². The van der Waals surface area contributed by atoms with Crippen LogP contribution in [0.2, 0.25) is 0 Å². The van der Waals surface area contributed by atoms with Gasteiger partial charge in [0.05, 0.1) is 0 Å². The normalized spacial score (nSPS) is 12.0. The summed E-state index contributed by atoms with van der Waals surface area (Å²) in [5.74, 6) is -0.749. The van der Waals surface area contributed by atoms with Crippen LogP contribution in [0.15, 0.2) is 78.3 Å². The van der Waals surface area contributed by atoms with Crippen LogP contribution >= 0.6 is 11.3 Å². The molecule has 128 valence electrons. The molecule has 2 aromatic heterocycles. The van der Waals surface area contributed by atoms with E-state index in [0.29, 0.717) is 16.0 Å². The number of ketones is 1. The zero-order chi connectivity index (χ0) is 17.9. The van der Waals surface area contributed by atoms with E-state index >= 15 is 0 Å². The van der Waals surface area contributed by atoms with Gasteiger partial charge in [-0.3, -0.25) is 4.79 Å². The Hall–Kier alpha value is -3.18. The minimum Gasteiger partial charge on any atom is -0.445 e. The number of ether oxygens (including phenoxy) is 1. The molecule has 0 aliphatic heterocycles. The number of para-hydroxylation sites is 1. The monoisotopic (exact) mass is 361 g/mol. The minimum atomic E-state index is -0.995. The van der Waals surface area contributed by atoms with E-state index in [1.54, 1.807) is 35.8 Å². The summed E-state index contributed by atoms with van der Waals surface area (Å²) >= 11 is 1.29. The van der Waals surface area contributed by atoms with Crippen LogP contribution in [0.1, 0.15) is 31.7 Å². The van der Waals surface area contributed by atoms with Gasteiger partial charge in [0.25, 0.3) is 0 Å². The summed E-state index contributed by atoms with van der Waals surface area (Å²) < 4.78 is 5.62. The second-order valence-electron chi connectivity index (χ2n) is 5.79. The van der Waals surface area contributed by atoms with Gasteiger partial charge in [-0.2, -0.15) is 0 Å². The van der Waals surface area contributed by atoms with Crippen LogP contribution in [-0.4, -0.2) is 16.7 Å². The highest BCUT2D eigenvalue weighted by Gasteiger charge is 2.28. The van der Waals surface area contributed by atoms with E-state index in [2.05, 4.69) is 4.98 Å². The summed E-state index contributed by atoms with van der Waals surface area (Å²) in [4.78, 5) is 29.3. The van der Waals surface area contributed by atoms with Crippen molar-refractivity contribution < 1.29 is 14.3 Å². The zero-order valence-corrected chi connectivity index (χ0v) is 14.5. The van der Waals surface area contributed by atoms with Crippen LogP contribution in [0.3, 0.4) is 0 Å². The third kappa shape index (κ3) is 3.05. The number of hydrogen-bond acceptors (Lipinski definition) is 4. The first kappa shape index (κ1) is 16.3. The summed E-state index contributed by atoms with van der Waals surface area (Å²) in [6, 6.07) is 20.1. The first-order valence-corrected chi connectivity index (χ1v) is 9.02. The first-order valence-electron chi connectivity index (χ1n) is 8.14. The lowest BCUT2D eigenvalue weighted by Crippen LogP contribution is -2.19. The van der Waals surface area contributed by atoms with Crippen molar-refractivity contribution in [1.29, 1.82) is 0 Å². The molecule has 0 bridgehead atoms. The van der Waals surface area contributed by atoms with E-state index in [9.17, 15) is 9.59 Å². The van der Waals surface area contributed by atoms with E-state index in [-0.39, 0.29) is 5.78 Å². The fourth-order valence-electron chi connectivity index (χ4n) is 2.88. The molecule has 0 saturated heterocycles. The summed E-state index contributed by atoms with van der Waals surface area (Å²) in [7, 11) is 0. The Morgan fingerprint density at radius 3 is 2.46 bits per heavy atom. The first-order chi connectivity index (χ1) is 12.7. The fraction of sp³-hybridized carbons (Fsp3) is 0.0476. The number of carbonyl (C=O) groups is 2. The number of rotatable bonds is 5. The van der Waals surface area contributed by atoms with Gasteiger partial charge in [0.15, 0.2) is 6.10 Å². The number of carbonyl (C=O) groups excluding carboxylic acids is 2. The molecule has 1 N–H and O–H groups in total. The van der Waals surface area contributed by atoms with Crippen molar-refractivity contribution >= 4 is 34.0 Å². The molecule has 0 aliphatic rings. The number of nitrogens with one attached hydrogen (secondary N) is 1. The van der Waals surface area contributed by atoms with Crippen LogP contribution in [0.25, 0.3) is 10.9 Å². The van der Waals surface area contributed by atoms with Gasteiger partial charge in [-0.05, 0) is 17.5 Å². The second-order valence-corrected chi connectivity index (χ2v) is 6.73. The number of Topliss-reactive ketones (excluding diaryl/α,β-unsaturated/α-hetero) is 1. The van der Waals surface area contributed by atoms with Crippen LogP contribution < -0.4 is 0 Å². The molecule has 4 aromatic rings. The lowest BCUT2D eigenvalue weighted by Gasteiger charge is -2.16. The predicted molar refractivity (Wildman–Crippen MR) is 102 cm³/mol. The molecule has 4 nitrogen and oxygen atoms in total. The molecule has 26 heavy (non-hydrogen) atoms. The van der Waals surface area contributed by atoms with Crippen molar-refractivity contribution in [3.8, 4) is 0 Å². The highest BCUT2D eigenvalue weighted by Crippen LogP contribution is 2.28. The number of aromatic amines is 1. The predicted octanol–water partition coefficient (Wildman–Crippen LogP) is 5.01. The second kappa shape index (κ2) is 6.98. The average molecular weight is 361 g/mol. The molecule has 5 heteroatoms. The lowest BCUT2D eigenvalue weighted by molar-refractivity contribution is 0.0285. The van der Waals surface area contributed by atoms with E-state index in [0.717, 1.165) is 10.9 Å². The maximum atomic E-state index is 13.2. The number of hydrogen-bond donors (Lipinski definition) is 1. The number of esters is 1. The molecule has 0 aliphatic carbocycles. The van der Waals surface area contributed by atoms with Crippen LogP contribution in [0, 0.1) is 0 Å². The highest BCUT2D eigenvalue weighted by molar-refractivity contribution is 7.11. The standard InChI is InChI=1S/C21H15NO3S/c23-19(16-13-22-17-10-5-4-9-15(16)17)20(14-7-2-1-3-8-14)25-21(24)18-11-6-12-26-18/h1-13,20,22H/t20-/m1/s1. The number of aromatic nitrogens is 1. The van der Waals surface area contributed by atoms with E-state index < -0.39 is 12.1 Å². The third-order valence-electron chi connectivity index (χ3n) is 4.14. The Kier molecular flexibility index (Phi) is 4.37. The number of H-pyrrole nitrogens is 1.